The molecule has 1 fully saturated rings. The number of aryl methyl sites for hydroxylation is 1. The number of hydrogen-bond donors (Lipinski definition) is 1. The SMILES string of the molecule is O=C(CCCc1nc2ccccc2s1)N1CCC(c2c[nH]c3ccccc23)CC1. The van der Waals surface area contributed by atoms with Crippen molar-refractivity contribution in [2.45, 2.75) is 38.0 Å². The van der Waals surface area contributed by atoms with Gasteiger partial charge in [-0.25, -0.2) is 4.98 Å². The highest BCUT2D eigenvalue weighted by Gasteiger charge is 2.25. The molecule has 1 aliphatic rings. The molecule has 0 saturated carbocycles. The zero-order chi connectivity index (χ0) is 19.6. The van der Waals surface area contributed by atoms with E-state index in [9.17, 15) is 4.79 Å². The number of nitrogens with zero attached hydrogens (tertiary/aromatic N) is 2. The van der Waals surface area contributed by atoms with Crippen molar-refractivity contribution in [3.8, 4) is 0 Å². The smallest absolute Gasteiger partial charge is 0.222 e. The molecule has 5 rings (SSSR count). The molecule has 0 spiro atoms. The van der Waals surface area contributed by atoms with Crippen LogP contribution in [0.4, 0.5) is 0 Å². The Morgan fingerprint density at radius 3 is 2.76 bits per heavy atom. The number of thiazole rings is 1. The summed E-state index contributed by atoms with van der Waals surface area (Å²) in [6, 6.07) is 16.7. The van der Waals surface area contributed by atoms with Crippen LogP contribution in [0.25, 0.3) is 21.1 Å². The summed E-state index contributed by atoms with van der Waals surface area (Å²) in [5, 5.41) is 2.46. The van der Waals surface area contributed by atoms with Crippen molar-refractivity contribution in [1.82, 2.24) is 14.9 Å². The van der Waals surface area contributed by atoms with Gasteiger partial charge in [-0.1, -0.05) is 30.3 Å². The number of amides is 1. The minimum absolute atomic E-state index is 0.295. The van der Waals surface area contributed by atoms with Gasteiger partial charge in [-0.05, 0) is 55.4 Å². The van der Waals surface area contributed by atoms with E-state index in [1.807, 2.05) is 12.1 Å². The van der Waals surface area contributed by atoms with Crippen LogP contribution in [0.1, 0.15) is 42.2 Å². The van der Waals surface area contributed by atoms with Crippen molar-refractivity contribution < 1.29 is 4.79 Å². The zero-order valence-corrected chi connectivity index (χ0v) is 17.3. The summed E-state index contributed by atoms with van der Waals surface area (Å²) < 4.78 is 1.23. The van der Waals surface area contributed by atoms with Crippen LogP contribution in [0, 0.1) is 0 Å². The van der Waals surface area contributed by atoms with E-state index >= 15 is 0 Å². The molecule has 0 bridgehead atoms. The van der Waals surface area contributed by atoms with E-state index in [0.717, 1.165) is 49.3 Å². The first-order valence-corrected chi connectivity index (χ1v) is 11.3. The predicted octanol–water partition coefficient (Wildman–Crippen LogP) is 5.51. The van der Waals surface area contributed by atoms with E-state index in [0.29, 0.717) is 18.2 Å². The Hall–Kier alpha value is -2.66. The van der Waals surface area contributed by atoms with Gasteiger partial charge in [-0.15, -0.1) is 11.3 Å². The first-order chi connectivity index (χ1) is 14.3. The van der Waals surface area contributed by atoms with Crippen molar-refractivity contribution in [1.29, 1.82) is 0 Å². The van der Waals surface area contributed by atoms with Crippen molar-refractivity contribution in [2.75, 3.05) is 13.1 Å². The first kappa shape index (κ1) is 18.4. The van der Waals surface area contributed by atoms with Gasteiger partial charge in [0.2, 0.25) is 5.91 Å². The van der Waals surface area contributed by atoms with Crippen LogP contribution in [0.15, 0.2) is 54.7 Å². The van der Waals surface area contributed by atoms with E-state index < -0.39 is 0 Å². The van der Waals surface area contributed by atoms with Gasteiger partial charge in [0.25, 0.3) is 0 Å². The molecule has 4 aromatic rings. The third-order valence-electron chi connectivity index (χ3n) is 6.03. The molecule has 4 nitrogen and oxygen atoms in total. The second-order valence-electron chi connectivity index (χ2n) is 7.87. The van der Waals surface area contributed by atoms with Gasteiger partial charge < -0.3 is 9.88 Å². The maximum atomic E-state index is 12.7. The summed E-state index contributed by atoms with van der Waals surface area (Å²) >= 11 is 1.75. The highest BCUT2D eigenvalue weighted by atomic mass is 32.1. The molecular formula is C24H25N3OS. The van der Waals surface area contributed by atoms with Gasteiger partial charge in [0, 0.05) is 36.6 Å². The number of carbonyl (C=O) groups excluding carboxylic acids is 1. The summed E-state index contributed by atoms with van der Waals surface area (Å²) in [7, 11) is 0. The number of aromatic nitrogens is 2. The Morgan fingerprint density at radius 1 is 1.10 bits per heavy atom. The summed E-state index contributed by atoms with van der Waals surface area (Å²) in [6.07, 6.45) is 6.63. The Morgan fingerprint density at radius 2 is 1.90 bits per heavy atom. The minimum atomic E-state index is 0.295. The molecule has 1 amide bonds. The Kier molecular flexibility index (Phi) is 5.06. The molecule has 1 saturated heterocycles. The Labute approximate surface area is 174 Å². The lowest BCUT2D eigenvalue weighted by molar-refractivity contribution is -0.132. The average molecular weight is 404 g/mol. The summed E-state index contributed by atoms with van der Waals surface area (Å²) in [4.78, 5) is 22.8. The topological polar surface area (TPSA) is 49.0 Å². The second-order valence-corrected chi connectivity index (χ2v) is 8.99. The molecule has 0 unspecified atom stereocenters. The second kappa shape index (κ2) is 7.99. The quantitative estimate of drug-likeness (QED) is 0.478. The molecule has 3 heterocycles. The van der Waals surface area contributed by atoms with Crippen LogP contribution in [-0.4, -0.2) is 33.9 Å². The monoisotopic (exact) mass is 403 g/mol. The number of hydrogen-bond acceptors (Lipinski definition) is 3. The number of nitrogens with one attached hydrogen (secondary N) is 1. The molecular weight excluding hydrogens is 378 g/mol. The molecule has 29 heavy (non-hydrogen) atoms. The van der Waals surface area contributed by atoms with Crippen LogP contribution >= 0.6 is 11.3 Å². The predicted molar refractivity (Wildman–Crippen MR) is 119 cm³/mol. The number of para-hydroxylation sites is 2. The fraction of sp³-hybridized carbons (Fsp3) is 0.333. The van der Waals surface area contributed by atoms with Gasteiger partial charge in [0.05, 0.1) is 15.2 Å². The van der Waals surface area contributed by atoms with Gasteiger partial charge in [-0.3, -0.25) is 4.79 Å². The third-order valence-corrected chi connectivity index (χ3v) is 7.12. The van der Waals surface area contributed by atoms with Gasteiger partial charge in [-0.2, -0.15) is 0 Å². The third kappa shape index (κ3) is 3.79. The highest BCUT2D eigenvalue weighted by Crippen LogP contribution is 2.33. The van der Waals surface area contributed by atoms with E-state index in [2.05, 4.69) is 57.5 Å². The maximum absolute atomic E-state index is 12.7. The summed E-state index contributed by atoms with van der Waals surface area (Å²) in [5.74, 6) is 0.835. The first-order valence-electron chi connectivity index (χ1n) is 10.5. The number of H-pyrrole nitrogens is 1. The highest BCUT2D eigenvalue weighted by molar-refractivity contribution is 7.18. The van der Waals surface area contributed by atoms with E-state index in [-0.39, 0.29) is 0 Å². The zero-order valence-electron chi connectivity index (χ0n) is 16.4. The largest absolute Gasteiger partial charge is 0.361 e. The summed E-state index contributed by atoms with van der Waals surface area (Å²) in [6.45, 7) is 1.73. The fourth-order valence-electron chi connectivity index (χ4n) is 4.45. The number of fused-ring (bicyclic) bond motifs is 2. The van der Waals surface area contributed by atoms with E-state index in [4.69, 9.17) is 0 Å². The van der Waals surface area contributed by atoms with Crippen LogP contribution in [0.2, 0.25) is 0 Å². The molecule has 0 aliphatic carbocycles. The van der Waals surface area contributed by atoms with Crippen molar-refractivity contribution in [2.24, 2.45) is 0 Å². The standard InChI is InChI=1S/C24H25N3OS/c28-24(11-5-10-23-26-21-8-3-4-9-22(21)29-23)27-14-12-17(13-15-27)19-16-25-20-7-2-1-6-18(19)20/h1-4,6-9,16-17,25H,5,10-15H2. The van der Waals surface area contributed by atoms with E-state index in [1.54, 1.807) is 11.3 Å². The Balaban J connectivity index is 1.13. The average Bonchev–Trinajstić information content (AvgIpc) is 3.37. The Bertz CT molecular complexity index is 1100. The number of likely N-dealkylation sites (tertiary alicyclic amines) is 1. The molecule has 2 aromatic carbocycles. The lowest BCUT2D eigenvalue weighted by atomic mass is 9.89. The summed E-state index contributed by atoms with van der Waals surface area (Å²) in [5.41, 5.74) is 3.68. The molecule has 2 aromatic heterocycles. The number of piperidine rings is 1. The lowest BCUT2D eigenvalue weighted by Crippen LogP contribution is -2.37. The van der Waals surface area contributed by atoms with E-state index in [1.165, 1.54) is 21.2 Å². The van der Waals surface area contributed by atoms with Crippen molar-refractivity contribution >= 4 is 38.4 Å². The molecule has 1 aliphatic heterocycles. The van der Waals surface area contributed by atoms with Crippen molar-refractivity contribution in [3.63, 3.8) is 0 Å². The number of benzene rings is 2. The molecule has 5 heteroatoms. The van der Waals surface area contributed by atoms with Crippen LogP contribution in [0.3, 0.4) is 0 Å². The number of aromatic amines is 1. The molecule has 0 atom stereocenters. The minimum Gasteiger partial charge on any atom is -0.361 e. The van der Waals surface area contributed by atoms with Gasteiger partial charge >= 0.3 is 0 Å². The van der Waals surface area contributed by atoms with Crippen LogP contribution in [0.5, 0.6) is 0 Å². The van der Waals surface area contributed by atoms with Crippen molar-refractivity contribution in [3.05, 3.63) is 65.3 Å². The van der Waals surface area contributed by atoms with Gasteiger partial charge in [0.1, 0.15) is 0 Å². The molecule has 148 valence electrons. The number of carbonyl (C=O) groups is 1. The van der Waals surface area contributed by atoms with Crippen LogP contribution in [-0.2, 0) is 11.2 Å². The molecule has 0 radical (unpaired) electrons. The fourth-order valence-corrected chi connectivity index (χ4v) is 5.46. The maximum Gasteiger partial charge on any atom is 0.222 e. The molecule has 1 N–H and O–H groups in total. The normalized spacial score (nSPS) is 15.4. The van der Waals surface area contributed by atoms with Crippen LogP contribution < -0.4 is 0 Å². The number of rotatable bonds is 5. The van der Waals surface area contributed by atoms with Gasteiger partial charge in [0.15, 0.2) is 0 Å². The lowest BCUT2D eigenvalue weighted by Gasteiger charge is -2.32.